The molecule has 0 saturated carbocycles. The third-order valence-corrected chi connectivity index (χ3v) is 4.16. The summed E-state index contributed by atoms with van der Waals surface area (Å²) < 4.78 is 5.35. The van der Waals surface area contributed by atoms with Crippen molar-refractivity contribution in [1.29, 1.82) is 0 Å². The fraction of sp³-hybridized carbons (Fsp3) is 0.500. The van der Waals surface area contributed by atoms with Gasteiger partial charge >= 0.3 is 6.09 Å². The molecule has 0 radical (unpaired) electrons. The molecule has 1 saturated heterocycles. The van der Waals surface area contributed by atoms with E-state index in [1.165, 1.54) is 17.0 Å². The van der Waals surface area contributed by atoms with Crippen LogP contribution >= 0.6 is 23.2 Å². The minimum atomic E-state index is -0.612. The van der Waals surface area contributed by atoms with Crippen molar-refractivity contribution in [2.75, 3.05) is 17.6 Å². The minimum Gasteiger partial charge on any atom is -0.444 e. The highest BCUT2D eigenvalue weighted by Gasteiger charge is 2.36. The van der Waals surface area contributed by atoms with E-state index in [2.05, 4.69) is 5.32 Å². The first-order valence-electron chi connectivity index (χ1n) is 7.63. The molecule has 1 fully saturated rings. The van der Waals surface area contributed by atoms with Gasteiger partial charge in [-0.25, -0.2) is 4.79 Å². The van der Waals surface area contributed by atoms with E-state index in [1.54, 1.807) is 20.8 Å². The molecule has 1 atom stereocenters. The van der Waals surface area contributed by atoms with Gasteiger partial charge in [0.05, 0.1) is 15.7 Å². The number of carbonyl (C=O) groups excluding carboxylic acids is 2. The zero-order valence-corrected chi connectivity index (χ0v) is 15.4. The van der Waals surface area contributed by atoms with Crippen LogP contribution in [0, 0.1) is 0 Å². The summed E-state index contributed by atoms with van der Waals surface area (Å²) in [5, 5.41) is 3.24. The maximum absolute atomic E-state index is 12.5. The van der Waals surface area contributed by atoms with Crippen LogP contribution in [0.3, 0.4) is 0 Å². The van der Waals surface area contributed by atoms with Gasteiger partial charge in [-0.15, -0.1) is 0 Å². The third kappa shape index (κ3) is 4.45. The van der Waals surface area contributed by atoms with Crippen molar-refractivity contribution >= 4 is 46.6 Å². The molecule has 0 aromatic heterocycles. The van der Waals surface area contributed by atoms with E-state index in [4.69, 9.17) is 33.7 Å². The van der Waals surface area contributed by atoms with E-state index >= 15 is 0 Å². The van der Waals surface area contributed by atoms with Gasteiger partial charge in [0.25, 0.3) is 0 Å². The summed E-state index contributed by atoms with van der Waals surface area (Å²) in [6.45, 7) is 5.84. The van der Waals surface area contributed by atoms with Gasteiger partial charge in [0.1, 0.15) is 11.6 Å². The van der Waals surface area contributed by atoms with E-state index in [1.807, 2.05) is 0 Å². The van der Waals surface area contributed by atoms with Crippen molar-refractivity contribution in [3.63, 3.8) is 0 Å². The molecule has 24 heavy (non-hydrogen) atoms. The van der Waals surface area contributed by atoms with Crippen LogP contribution in [0.4, 0.5) is 16.2 Å². The quantitative estimate of drug-likeness (QED) is 0.769. The topological polar surface area (TPSA) is 84.7 Å². The third-order valence-electron chi connectivity index (χ3n) is 3.53. The van der Waals surface area contributed by atoms with Gasteiger partial charge in [-0.1, -0.05) is 23.2 Å². The lowest BCUT2D eigenvalue weighted by Crippen LogP contribution is -2.45. The first-order chi connectivity index (χ1) is 11.1. The van der Waals surface area contributed by atoms with Gasteiger partial charge in [0.15, 0.2) is 0 Å². The molecule has 0 unspecified atom stereocenters. The van der Waals surface area contributed by atoms with Gasteiger partial charge in [-0.3, -0.25) is 9.69 Å². The summed E-state index contributed by atoms with van der Waals surface area (Å²) in [7, 11) is 0. The van der Waals surface area contributed by atoms with Crippen molar-refractivity contribution in [1.82, 2.24) is 4.90 Å². The van der Waals surface area contributed by atoms with Crippen LogP contribution in [0.2, 0.25) is 10.0 Å². The second kappa shape index (κ2) is 7.07. The molecular weight excluding hydrogens is 353 g/mol. The van der Waals surface area contributed by atoms with E-state index < -0.39 is 17.7 Å². The lowest BCUT2D eigenvalue weighted by molar-refractivity contribution is -0.120. The Labute approximate surface area is 151 Å². The highest BCUT2D eigenvalue weighted by atomic mass is 35.5. The number of hydrogen-bond donors (Lipinski definition) is 2. The molecule has 1 aliphatic heterocycles. The summed E-state index contributed by atoms with van der Waals surface area (Å²) in [6, 6.07) is 2.45. The summed E-state index contributed by atoms with van der Waals surface area (Å²) in [5.74, 6) is -0.310. The zero-order valence-electron chi connectivity index (χ0n) is 13.9. The van der Waals surface area contributed by atoms with Crippen molar-refractivity contribution in [3.8, 4) is 0 Å². The number of likely N-dealkylation sites (tertiary alicyclic amines) is 1. The fourth-order valence-electron chi connectivity index (χ4n) is 2.46. The van der Waals surface area contributed by atoms with Crippen LogP contribution in [-0.4, -0.2) is 35.1 Å². The van der Waals surface area contributed by atoms with Crippen molar-refractivity contribution in [3.05, 3.63) is 22.2 Å². The highest BCUT2D eigenvalue weighted by Crippen LogP contribution is 2.31. The van der Waals surface area contributed by atoms with E-state index in [0.717, 1.165) is 6.42 Å². The van der Waals surface area contributed by atoms with Crippen LogP contribution in [0.1, 0.15) is 33.6 Å². The van der Waals surface area contributed by atoms with Crippen LogP contribution in [-0.2, 0) is 9.53 Å². The normalized spacial score (nSPS) is 17.7. The molecule has 1 aliphatic rings. The number of nitrogens with one attached hydrogen (secondary N) is 1. The van der Waals surface area contributed by atoms with E-state index in [-0.39, 0.29) is 21.6 Å². The van der Waals surface area contributed by atoms with Gasteiger partial charge in [-0.05, 0) is 45.7 Å². The van der Waals surface area contributed by atoms with Crippen molar-refractivity contribution in [2.45, 2.75) is 45.3 Å². The van der Waals surface area contributed by atoms with Crippen LogP contribution in [0.15, 0.2) is 12.1 Å². The SMILES string of the molecule is CC(C)(C)OC(=O)N1CCC[C@H]1C(=O)Nc1cc(Cl)c(N)c(Cl)c1. The maximum atomic E-state index is 12.5. The number of halogens is 2. The second-order valence-electron chi connectivity index (χ2n) is 6.67. The number of nitrogens with zero attached hydrogens (tertiary/aromatic N) is 1. The Morgan fingerprint density at radius 1 is 1.29 bits per heavy atom. The molecule has 8 heteroatoms. The lowest BCUT2D eigenvalue weighted by Gasteiger charge is -2.28. The molecule has 6 nitrogen and oxygen atoms in total. The number of nitrogen functional groups attached to an aromatic ring is 1. The Balaban J connectivity index is 2.10. The molecule has 1 aromatic carbocycles. The number of amides is 2. The molecular formula is C16H21Cl2N3O3. The Hall–Kier alpha value is -1.66. The molecule has 0 spiro atoms. The molecule has 0 bridgehead atoms. The predicted octanol–water partition coefficient (Wildman–Crippen LogP) is 3.91. The summed E-state index contributed by atoms with van der Waals surface area (Å²) >= 11 is 11.9. The highest BCUT2D eigenvalue weighted by molar-refractivity contribution is 6.39. The fourth-order valence-corrected chi connectivity index (χ4v) is 2.95. The van der Waals surface area contributed by atoms with Crippen molar-refractivity contribution < 1.29 is 14.3 Å². The smallest absolute Gasteiger partial charge is 0.410 e. The average molecular weight is 374 g/mol. The number of benzene rings is 1. The largest absolute Gasteiger partial charge is 0.444 e. The maximum Gasteiger partial charge on any atom is 0.410 e. The molecule has 2 amide bonds. The van der Waals surface area contributed by atoms with E-state index in [0.29, 0.717) is 18.7 Å². The number of rotatable bonds is 2. The first-order valence-corrected chi connectivity index (χ1v) is 8.39. The van der Waals surface area contributed by atoms with Gasteiger partial charge in [0.2, 0.25) is 5.91 Å². The lowest BCUT2D eigenvalue weighted by atomic mass is 10.2. The molecule has 3 N–H and O–H groups in total. The van der Waals surface area contributed by atoms with Gasteiger partial charge in [0, 0.05) is 12.2 Å². The first kappa shape index (κ1) is 18.7. The van der Waals surface area contributed by atoms with Crippen LogP contribution in [0.5, 0.6) is 0 Å². The summed E-state index contributed by atoms with van der Waals surface area (Å²) in [5.41, 5.74) is 5.75. The van der Waals surface area contributed by atoms with Crippen LogP contribution < -0.4 is 11.1 Å². The number of anilines is 2. The summed E-state index contributed by atoms with van der Waals surface area (Å²) in [6.07, 6.45) is 0.816. The molecule has 1 heterocycles. The number of nitrogens with two attached hydrogens (primary N) is 1. The molecule has 1 aromatic rings. The van der Waals surface area contributed by atoms with Gasteiger partial charge < -0.3 is 15.8 Å². The number of carbonyl (C=O) groups is 2. The predicted molar refractivity (Wildman–Crippen MR) is 95.5 cm³/mol. The molecule has 132 valence electrons. The zero-order chi connectivity index (χ0) is 18.1. The van der Waals surface area contributed by atoms with Gasteiger partial charge in [-0.2, -0.15) is 0 Å². The Bertz CT molecular complexity index is 635. The summed E-state index contributed by atoms with van der Waals surface area (Å²) in [4.78, 5) is 26.2. The van der Waals surface area contributed by atoms with Crippen LogP contribution in [0.25, 0.3) is 0 Å². The average Bonchev–Trinajstić information content (AvgIpc) is 2.92. The number of hydrogen-bond acceptors (Lipinski definition) is 4. The minimum absolute atomic E-state index is 0.257. The molecule has 0 aliphatic carbocycles. The Kier molecular flexibility index (Phi) is 5.50. The van der Waals surface area contributed by atoms with E-state index in [9.17, 15) is 9.59 Å². The van der Waals surface area contributed by atoms with Crippen molar-refractivity contribution in [2.24, 2.45) is 0 Å². The molecule has 2 rings (SSSR count). The Morgan fingerprint density at radius 2 is 1.88 bits per heavy atom. The Morgan fingerprint density at radius 3 is 2.42 bits per heavy atom. The number of ether oxygens (including phenoxy) is 1. The standard InChI is InChI=1S/C16H21Cl2N3O3/c1-16(2,3)24-15(23)21-6-4-5-12(21)14(22)20-9-7-10(17)13(19)11(18)8-9/h7-8,12H,4-6,19H2,1-3H3,(H,20,22)/t12-/m0/s1. The second-order valence-corrected chi connectivity index (χ2v) is 7.49. The monoisotopic (exact) mass is 373 g/mol.